The van der Waals surface area contributed by atoms with E-state index < -0.39 is 0 Å². The van der Waals surface area contributed by atoms with E-state index in [1.54, 1.807) is 12.1 Å². The van der Waals surface area contributed by atoms with E-state index in [9.17, 15) is 4.79 Å². The molecule has 18 heavy (non-hydrogen) atoms. The van der Waals surface area contributed by atoms with Crippen LogP contribution >= 0.6 is 15.9 Å². The minimum atomic E-state index is -0.277. The van der Waals surface area contributed by atoms with Gasteiger partial charge in [0.05, 0.1) is 29.3 Å². The molecule has 2 rings (SSSR count). The van der Waals surface area contributed by atoms with E-state index >= 15 is 0 Å². The van der Waals surface area contributed by atoms with Gasteiger partial charge in [-0.3, -0.25) is 4.79 Å². The number of aryl methyl sites for hydroxylation is 1. The molecule has 5 nitrogen and oxygen atoms in total. The third-order valence-corrected chi connectivity index (χ3v) is 2.98. The van der Waals surface area contributed by atoms with Gasteiger partial charge in [0, 0.05) is 4.47 Å². The van der Waals surface area contributed by atoms with Crippen molar-refractivity contribution in [2.45, 2.75) is 6.92 Å². The summed E-state index contributed by atoms with van der Waals surface area (Å²) in [6.45, 7) is 1.93. The van der Waals surface area contributed by atoms with E-state index in [0.717, 1.165) is 10.0 Å². The van der Waals surface area contributed by atoms with Gasteiger partial charge in [-0.1, -0.05) is 0 Å². The third-order valence-electron chi connectivity index (χ3n) is 2.35. The van der Waals surface area contributed by atoms with Gasteiger partial charge >= 0.3 is 0 Å². The summed E-state index contributed by atoms with van der Waals surface area (Å²) in [5.41, 5.74) is 8.39. The number of amides is 1. The summed E-state index contributed by atoms with van der Waals surface area (Å²) in [5.74, 6) is -0.277. The molecule has 3 N–H and O–H groups in total. The Morgan fingerprint density at radius 3 is 2.78 bits per heavy atom. The molecule has 1 heterocycles. The van der Waals surface area contributed by atoms with Crippen LogP contribution in [0.2, 0.25) is 0 Å². The number of nitrogens with zero attached hydrogens (tertiary/aromatic N) is 2. The molecule has 2 aromatic rings. The smallest absolute Gasteiger partial charge is 0.257 e. The first-order valence-electron chi connectivity index (χ1n) is 5.21. The molecule has 0 atom stereocenters. The van der Waals surface area contributed by atoms with E-state index in [1.807, 2.05) is 13.0 Å². The number of carbonyl (C=O) groups excluding carboxylic acids is 1. The van der Waals surface area contributed by atoms with Gasteiger partial charge in [0.1, 0.15) is 0 Å². The first-order chi connectivity index (χ1) is 8.58. The maximum atomic E-state index is 11.9. The van der Waals surface area contributed by atoms with Crippen LogP contribution in [-0.4, -0.2) is 16.1 Å². The molecule has 92 valence electrons. The number of aromatic nitrogens is 2. The molecule has 0 spiro atoms. The fourth-order valence-electron chi connectivity index (χ4n) is 1.51. The van der Waals surface area contributed by atoms with Crippen molar-refractivity contribution in [2.75, 3.05) is 11.1 Å². The van der Waals surface area contributed by atoms with Gasteiger partial charge < -0.3 is 11.1 Å². The number of hydrogen-bond donors (Lipinski definition) is 2. The van der Waals surface area contributed by atoms with Gasteiger partial charge in [0.2, 0.25) is 0 Å². The summed E-state index contributed by atoms with van der Waals surface area (Å²) in [6.07, 6.45) is 2.86. The van der Waals surface area contributed by atoms with E-state index in [2.05, 4.69) is 31.4 Å². The van der Waals surface area contributed by atoms with E-state index in [1.165, 1.54) is 12.4 Å². The average molecular weight is 307 g/mol. The largest absolute Gasteiger partial charge is 0.397 e. The first kappa shape index (κ1) is 12.5. The number of nitrogen functional groups attached to an aromatic ring is 1. The second-order valence-corrected chi connectivity index (χ2v) is 4.65. The Balaban J connectivity index is 2.28. The van der Waals surface area contributed by atoms with Crippen molar-refractivity contribution in [3.05, 3.63) is 46.2 Å². The number of halogens is 1. The molecule has 0 aliphatic carbocycles. The predicted octanol–water partition coefficient (Wildman–Crippen LogP) is 2.38. The molecule has 0 aliphatic rings. The number of nitrogens with one attached hydrogen (secondary N) is 1. The molecule has 0 aliphatic heterocycles. The van der Waals surface area contributed by atoms with Crippen molar-refractivity contribution in [1.82, 2.24) is 10.2 Å². The number of hydrogen-bond acceptors (Lipinski definition) is 4. The summed E-state index contributed by atoms with van der Waals surface area (Å²) in [6, 6.07) is 5.27. The molecule has 1 aromatic carbocycles. The summed E-state index contributed by atoms with van der Waals surface area (Å²) >= 11 is 3.38. The SMILES string of the molecule is Cc1cc(N)c(NC(=O)c2ccnnc2)c(Br)c1. The highest BCUT2D eigenvalue weighted by Gasteiger charge is 2.11. The summed E-state index contributed by atoms with van der Waals surface area (Å²) in [7, 11) is 0. The second-order valence-electron chi connectivity index (χ2n) is 3.80. The number of rotatable bonds is 2. The van der Waals surface area contributed by atoms with Gasteiger partial charge in [0.15, 0.2) is 0 Å². The molecule has 0 saturated carbocycles. The van der Waals surface area contributed by atoms with E-state index in [4.69, 9.17) is 5.73 Å². The molecule has 0 saturated heterocycles. The maximum Gasteiger partial charge on any atom is 0.257 e. The predicted molar refractivity (Wildman–Crippen MR) is 73.3 cm³/mol. The van der Waals surface area contributed by atoms with Crippen molar-refractivity contribution in [3.63, 3.8) is 0 Å². The van der Waals surface area contributed by atoms with Crippen LogP contribution in [0.1, 0.15) is 15.9 Å². The zero-order valence-electron chi connectivity index (χ0n) is 9.64. The average Bonchev–Trinajstić information content (AvgIpc) is 2.34. The Hall–Kier alpha value is -1.95. The van der Waals surface area contributed by atoms with Gasteiger partial charge in [-0.25, -0.2) is 0 Å². The standard InChI is InChI=1S/C12H11BrN4O/c1-7-4-9(13)11(10(14)5-7)17-12(18)8-2-3-15-16-6-8/h2-6H,14H2,1H3,(H,17,18). The molecule has 0 unspecified atom stereocenters. The summed E-state index contributed by atoms with van der Waals surface area (Å²) in [5, 5.41) is 10.0. The van der Waals surface area contributed by atoms with Gasteiger partial charge in [-0.05, 0) is 46.6 Å². The number of benzene rings is 1. The maximum absolute atomic E-state index is 11.9. The first-order valence-corrected chi connectivity index (χ1v) is 6.01. The van der Waals surface area contributed by atoms with Crippen LogP contribution < -0.4 is 11.1 Å². The quantitative estimate of drug-likeness (QED) is 0.835. The highest BCUT2D eigenvalue weighted by molar-refractivity contribution is 9.10. The van der Waals surface area contributed by atoms with Crippen LogP contribution in [0.5, 0.6) is 0 Å². The molecule has 0 fully saturated rings. The fraction of sp³-hybridized carbons (Fsp3) is 0.0833. The van der Waals surface area contributed by atoms with Crippen LogP contribution in [0.15, 0.2) is 35.1 Å². The van der Waals surface area contributed by atoms with Crippen LogP contribution in [0.3, 0.4) is 0 Å². The molecule has 0 bridgehead atoms. The van der Waals surface area contributed by atoms with Gasteiger partial charge in [-0.15, -0.1) is 0 Å². The van der Waals surface area contributed by atoms with Crippen molar-refractivity contribution < 1.29 is 4.79 Å². The molecule has 6 heteroatoms. The van der Waals surface area contributed by atoms with Crippen molar-refractivity contribution in [2.24, 2.45) is 0 Å². The lowest BCUT2D eigenvalue weighted by Gasteiger charge is -2.11. The van der Waals surface area contributed by atoms with Gasteiger partial charge in [-0.2, -0.15) is 10.2 Å². The lowest BCUT2D eigenvalue weighted by Crippen LogP contribution is -2.14. The highest BCUT2D eigenvalue weighted by atomic mass is 79.9. The van der Waals surface area contributed by atoms with E-state index in [0.29, 0.717) is 16.9 Å². The lowest BCUT2D eigenvalue weighted by atomic mass is 10.2. The Labute approximate surface area is 113 Å². The van der Waals surface area contributed by atoms with Crippen LogP contribution in [0.4, 0.5) is 11.4 Å². The number of nitrogens with two attached hydrogens (primary N) is 1. The molecule has 1 amide bonds. The summed E-state index contributed by atoms with van der Waals surface area (Å²) in [4.78, 5) is 11.9. The molecular weight excluding hydrogens is 296 g/mol. The molecule has 0 radical (unpaired) electrons. The number of carbonyl (C=O) groups is 1. The Bertz CT molecular complexity index is 563. The zero-order chi connectivity index (χ0) is 13.1. The van der Waals surface area contributed by atoms with E-state index in [-0.39, 0.29) is 5.91 Å². The van der Waals surface area contributed by atoms with Crippen molar-refractivity contribution in [3.8, 4) is 0 Å². The third kappa shape index (κ3) is 2.65. The second kappa shape index (κ2) is 5.14. The van der Waals surface area contributed by atoms with Crippen molar-refractivity contribution >= 4 is 33.2 Å². The Morgan fingerprint density at radius 1 is 1.39 bits per heavy atom. The van der Waals surface area contributed by atoms with Crippen LogP contribution in [-0.2, 0) is 0 Å². The van der Waals surface area contributed by atoms with Crippen LogP contribution in [0, 0.1) is 6.92 Å². The molecular formula is C12H11BrN4O. The lowest BCUT2D eigenvalue weighted by molar-refractivity contribution is 0.102. The van der Waals surface area contributed by atoms with Crippen molar-refractivity contribution in [1.29, 1.82) is 0 Å². The minimum absolute atomic E-state index is 0.277. The Kier molecular flexibility index (Phi) is 3.57. The Morgan fingerprint density at radius 2 is 2.17 bits per heavy atom. The van der Waals surface area contributed by atoms with Gasteiger partial charge in [0.25, 0.3) is 5.91 Å². The fourth-order valence-corrected chi connectivity index (χ4v) is 2.20. The molecule has 1 aromatic heterocycles. The summed E-state index contributed by atoms with van der Waals surface area (Å²) < 4.78 is 0.746. The normalized spacial score (nSPS) is 10.1. The monoisotopic (exact) mass is 306 g/mol. The zero-order valence-corrected chi connectivity index (χ0v) is 11.2. The number of anilines is 2. The topological polar surface area (TPSA) is 80.9 Å². The highest BCUT2D eigenvalue weighted by Crippen LogP contribution is 2.30. The minimum Gasteiger partial charge on any atom is -0.397 e. The van der Waals surface area contributed by atoms with Crippen LogP contribution in [0.25, 0.3) is 0 Å².